The Labute approximate surface area is 139 Å². The summed E-state index contributed by atoms with van der Waals surface area (Å²) in [6, 6.07) is 5.26. The molecule has 0 heterocycles. The van der Waals surface area contributed by atoms with Crippen LogP contribution < -0.4 is 5.32 Å². The van der Waals surface area contributed by atoms with Crippen LogP contribution in [0.1, 0.15) is 27.8 Å². The molecule has 0 fully saturated rings. The van der Waals surface area contributed by atoms with Gasteiger partial charge < -0.3 is 5.32 Å². The predicted octanol–water partition coefficient (Wildman–Crippen LogP) is 3.95. The fourth-order valence-corrected chi connectivity index (χ4v) is 2.75. The maximum atomic E-state index is 13.3. The van der Waals surface area contributed by atoms with E-state index in [1.54, 1.807) is 27.7 Å². The van der Waals surface area contributed by atoms with Crippen LogP contribution in [-0.2, 0) is 16.0 Å². The number of halogens is 2. The maximum Gasteiger partial charge on any atom is 0.292 e. The second kappa shape index (κ2) is 6.91. The third kappa shape index (κ3) is 3.85. The van der Waals surface area contributed by atoms with Gasteiger partial charge in [0.2, 0.25) is 5.78 Å². The Kier molecular flexibility index (Phi) is 5.12. The van der Waals surface area contributed by atoms with Crippen molar-refractivity contribution in [2.45, 2.75) is 34.1 Å². The van der Waals surface area contributed by atoms with Gasteiger partial charge in [-0.2, -0.15) is 0 Å². The van der Waals surface area contributed by atoms with Crippen molar-refractivity contribution in [1.29, 1.82) is 0 Å². The van der Waals surface area contributed by atoms with E-state index in [2.05, 4.69) is 5.32 Å². The first-order valence-corrected chi connectivity index (χ1v) is 7.55. The SMILES string of the molecule is Cc1cc(F)cc(C)c1CC(=O)C(=O)Nc1c(C)cc(F)cc1C. The number of aryl methyl sites for hydroxylation is 4. The number of ketones is 1. The normalized spacial score (nSPS) is 10.6. The molecule has 126 valence electrons. The highest BCUT2D eigenvalue weighted by molar-refractivity contribution is 6.41. The quantitative estimate of drug-likeness (QED) is 0.862. The summed E-state index contributed by atoms with van der Waals surface area (Å²) >= 11 is 0. The molecule has 0 aliphatic carbocycles. The molecule has 0 atom stereocenters. The first-order valence-electron chi connectivity index (χ1n) is 7.55. The van der Waals surface area contributed by atoms with E-state index < -0.39 is 17.5 Å². The third-order valence-corrected chi connectivity index (χ3v) is 3.99. The Morgan fingerprint density at radius 3 is 1.71 bits per heavy atom. The first kappa shape index (κ1) is 17.8. The number of Topliss-reactive ketones (excluding diaryl/α,β-unsaturated/α-hetero) is 1. The van der Waals surface area contributed by atoms with Crippen molar-refractivity contribution in [1.82, 2.24) is 0 Å². The zero-order valence-corrected chi connectivity index (χ0v) is 14.1. The second-order valence-electron chi connectivity index (χ2n) is 5.99. The van der Waals surface area contributed by atoms with Gasteiger partial charge in [-0.3, -0.25) is 9.59 Å². The average Bonchev–Trinajstić information content (AvgIpc) is 2.46. The molecule has 5 heteroatoms. The van der Waals surface area contributed by atoms with E-state index in [0.717, 1.165) is 0 Å². The van der Waals surface area contributed by atoms with Gasteiger partial charge in [0.05, 0.1) is 0 Å². The molecule has 0 bridgehead atoms. The molecule has 0 aliphatic rings. The summed E-state index contributed by atoms with van der Waals surface area (Å²) in [5, 5.41) is 2.55. The summed E-state index contributed by atoms with van der Waals surface area (Å²) in [5.74, 6) is -2.16. The smallest absolute Gasteiger partial charge is 0.292 e. The summed E-state index contributed by atoms with van der Waals surface area (Å²) in [4.78, 5) is 24.4. The highest BCUT2D eigenvalue weighted by atomic mass is 19.1. The molecule has 3 nitrogen and oxygen atoms in total. The predicted molar refractivity (Wildman–Crippen MR) is 89.1 cm³/mol. The molecule has 0 saturated heterocycles. The third-order valence-electron chi connectivity index (χ3n) is 3.99. The number of benzene rings is 2. The van der Waals surface area contributed by atoms with Crippen molar-refractivity contribution in [3.8, 4) is 0 Å². The van der Waals surface area contributed by atoms with Crippen LogP contribution in [0, 0.1) is 39.3 Å². The van der Waals surface area contributed by atoms with Crippen LogP contribution in [0.5, 0.6) is 0 Å². The molecule has 2 aromatic rings. The van der Waals surface area contributed by atoms with Crippen LogP contribution in [0.15, 0.2) is 24.3 Å². The lowest BCUT2D eigenvalue weighted by Gasteiger charge is -2.13. The lowest BCUT2D eigenvalue weighted by atomic mass is 9.97. The van der Waals surface area contributed by atoms with Crippen LogP contribution in [-0.4, -0.2) is 11.7 Å². The average molecular weight is 331 g/mol. The van der Waals surface area contributed by atoms with Crippen molar-refractivity contribution in [3.05, 3.63) is 63.7 Å². The zero-order chi connectivity index (χ0) is 18.0. The Bertz CT molecular complexity index is 713. The van der Waals surface area contributed by atoms with Crippen molar-refractivity contribution in [2.75, 3.05) is 5.32 Å². The standard InChI is InChI=1S/C19H19F2NO2/c1-10-5-14(20)6-11(2)16(10)9-17(23)19(24)22-18-12(3)7-15(21)8-13(18)4/h5-8H,9H2,1-4H3,(H,22,24). The zero-order valence-electron chi connectivity index (χ0n) is 14.1. The van der Waals surface area contributed by atoms with Crippen molar-refractivity contribution >= 4 is 17.4 Å². The van der Waals surface area contributed by atoms with Gasteiger partial charge in [0.1, 0.15) is 11.6 Å². The Morgan fingerprint density at radius 1 is 0.833 bits per heavy atom. The Balaban J connectivity index is 2.19. The fourth-order valence-electron chi connectivity index (χ4n) is 2.75. The molecule has 24 heavy (non-hydrogen) atoms. The van der Waals surface area contributed by atoms with Crippen LogP contribution in [0.2, 0.25) is 0 Å². The minimum absolute atomic E-state index is 0.108. The Morgan fingerprint density at radius 2 is 1.25 bits per heavy atom. The number of carbonyl (C=O) groups is 2. The van der Waals surface area contributed by atoms with E-state index in [0.29, 0.717) is 33.5 Å². The minimum atomic E-state index is -0.768. The highest BCUT2D eigenvalue weighted by Crippen LogP contribution is 2.22. The largest absolute Gasteiger partial charge is 0.319 e. The number of hydrogen-bond acceptors (Lipinski definition) is 2. The number of rotatable bonds is 4. The highest BCUT2D eigenvalue weighted by Gasteiger charge is 2.19. The fraction of sp³-hybridized carbons (Fsp3) is 0.263. The van der Waals surface area contributed by atoms with Gasteiger partial charge in [-0.1, -0.05) is 0 Å². The molecule has 0 aromatic heterocycles. The lowest BCUT2D eigenvalue weighted by molar-refractivity contribution is -0.134. The van der Waals surface area contributed by atoms with Crippen molar-refractivity contribution < 1.29 is 18.4 Å². The molecule has 2 rings (SSSR count). The molecule has 0 radical (unpaired) electrons. The Hall–Kier alpha value is -2.56. The first-order chi connectivity index (χ1) is 11.2. The van der Waals surface area contributed by atoms with Crippen molar-refractivity contribution in [2.24, 2.45) is 0 Å². The van der Waals surface area contributed by atoms with Crippen LogP contribution in [0.4, 0.5) is 14.5 Å². The van der Waals surface area contributed by atoms with Crippen LogP contribution in [0.3, 0.4) is 0 Å². The lowest BCUT2D eigenvalue weighted by Crippen LogP contribution is -2.26. The topological polar surface area (TPSA) is 46.2 Å². The number of nitrogens with one attached hydrogen (secondary N) is 1. The summed E-state index contributed by atoms with van der Waals surface area (Å²) in [6.45, 7) is 6.71. The van der Waals surface area contributed by atoms with Gasteiger partial charge >= 0.3 is 0 Å². The number of anilines is 1. The molecule has 2 aromatic carbocycles. The molecule has 0 spiro atoms. The van der Waals surface area contributed by atoms with Gasteiger partial charge in [-0.25, -0.2) is 8.78 Å². The van der Waals surface area contributed by atoms with Crippen molar-refractivity contribution in [3.63, 3.8) is 0 Å². The molecular weight excluding hydrogens is 312 g/mol. The number of carbonyl (C=O) groups excluding carboxylic acids is 2. The molecule has 1 N–H and O–H groups in total. The minimum Gasteiger partial charge on any atom is -0.319 e. The van der Waals surface area contributed by atoms with Crippen LogP contribution >= 0.6 is 0 Å². The molecule has 0 saturated carbocycles. The van der Waals surface area contributed by atoms with E-state index in [9.17, 15) is 18.4 Å². The van der Waals surface area contributed by atoms with Gasteiger partial charge in [-0.15, -0.1) is 0 Å². The summed E-state index contributed by atoms with van der Waals surface area (Å²) in [5.41, 5.74) is 3.42. The van der Waals surface area contributed by atoms with E-state index >= 15 is 0 Å². The molecular formula is C19H19F2NO2. The van der Waals surface area contributed by atoms with E-state index in [1.807, 2.05) is 0 Å². The molecule has 1 amide bonds. The van der Waals surface area contributed by atoms with Gasteiger partial charge in [0.25, 0.3) is 5.91 Å². The van der Waals surface area contributed by atoms with Gasteiger partial charge in [0.15, 0.2) is 0 Å². The van der Waals surface area contributed by atoms with Gasteiger partial charge in [-0.05, 0) is 79.8 Å². The number of amides is 1. The van der Waals surface area contributed by atoms with E-state index in [4.69, 9.17) is 0 Å². The monoisotopic (exact) mass is 331 g/mol. The summed E-state index contributed by atoms with van der Waals surface area (Å²) < 4.78 is 26.6. The second-order valence-corrected chi connectivity index (χ2v) is 5.99. The van der Waals surface area contributed by atoms with Gasteiger partial charge in [0, 0.05) is 12.1 Å². The van der Waals surface area contributed by atoms with E-state index in [1.165, 1.54) is 24.3 Å². The molecule has 0 unspecified atom stereocenters. The van der Waals surface area contributed by atoms with Crippen LogP contribution in [0.25, 0.3) is 0 Å². The summed E-state index contributed by atoms with van der Waals surface area (Å²) in [6.07, 6.45) is -0.108. The maximum absolute atomic E-state index is 13.3. The molecule has 0 aliphatic heterocycles. The number of hydrogen-bond donors (Lipinski definition) is 1. The summed E-state index contributed by atoms with van der Waals surface area (Å²) in [7, 11) is 0. The van der Waals surface area contributed by atoms with E-state index in [-0.39, 0.29) is 12.2 Å².